The van der Waals surface area contributed by atoms with E-state index in [1.165, 1.54) is 50.3 Å². The standard InChI is InChI=1S/C17H19N3O3.C7H16/c1-3-4-11-7-15-14(9-18-11)19-17(23)20(15)10(2)13-8-12(21)5-6-16(13)22;1-3-5-7-6-4-2/h5-10,21-22H,3-4H2,1-2H3,(H,19,23);3-7H2,1-2H3. The highest BCUT2D eigenvalue weighted by Crippen LogP contribution is 2.31. The number of imidazole rings is 1. The van der Waals surface area contributed by atoms with Gasteiger partial charge in [0, 0.05) is 11.3 Å². The Balaban J connectivity index is 0.000000396. The molecule has 1 unspecified atom stereocenters. The molecule has 0 saturated carbocycles. The number of H-pyrrole nitrogens is 1. The van der Waals surface area contributed by atoms with E-state index in [-0.39, 0.29) is 17.2 Å². The van der Waals surface area contributed by atoms with Crippen LogP contribution in [0.25, 0.3) is 11.0 Å². The Morgan fingerprint density at radius 3 is 2.37 bits per heavy atom. The number of fused-ring (bicyclic) bond motifs is 1. The average molecular weight is 414 g/mol. The fourth-order valence-electron chi connectivity index (χ4n) is 3.54. The normalized spacial score (nSPS) is 11.9. The van der Waals surface area contributed by atoms with Crippen LogP contribution in [0.1, 0.15) is 83.5 Å². The van der Waals surface area contributed by atoms with Gasteiger partial charge in [-0.25, -0.2) is 4.79 Å². The molecule has 6 nitrogen and oxygen atoms in total. The largest absolute Gasteiger partial charge is 0.508 e. The first kappa shape index (κ1) is 23.5. The van der Waals surface area contributed by atoms with Crippen LogP contribution in [0.15, 0.2) is 35.3 Å². The van der Waals surface area contributed by atoms with Crippen LogP contribution in [0.5, 0.6) is 11.5 Å². The molecule has 0 aliphatic carbocycles. The van der Waals surface area contributed by atoms with Crippen molar-refractivity contribution in [1.29, 1.82) is 0 Å². The second-order valence-corrected chi connectivity index (χ2v) is 7.72. The van der Waals surface area contributed by atoms with Gasteiger partial charge in [0.25, 0.3) is 0 Å². The van der Waals surface area contributed by atoms with Gasteiger partial charge in [-0.05, 0) is 37.6 Å². The third-order valence-corrected chi connectivity index (χ3v) is 5.22. The highest BCUT2D eigenvalue weighted by molar-refractivity contribution is 5.75. The van der Waals surface area contributed by atoms with Crippen molar-refractivity contribution in [3.63, 3.8) is 0 Å². The van der Waals surface area contributed by atoms with Crippen molar-refractivity contribution in [3.05, 3.63) is 52.2 Å². The smallest absolute Gasteiger partial charge is 0.327 e. The van der Waals surface area contributed by atoms with Crippen molar-refractivity contribution in [2.24, 2.45) is 0 Å². The Bertz CT molecular complexity index is 987. The van der Waals surface area contributed by atoms with E-state index >= 15 is 0 Å². The van der Waals surface area contributed by atoms with Crippen LogP contribution < -0.4 is 5.69 Å². The van der Waals surface area contributed by atoms with Crippen LogP contribution in [0.3, 0.4) is 0 Å². The number of nitrogens with zero attached hydrogens (tertiary/aromatic N) is 2. The Kier molecular flexibility index (Phi) is 8.96. The zero-order chi connectivity index (χ0) is 22.1. The molecule has 0 aliphatic heterocycles. The van der Waals surface area contributed by atoms with Crippen LogP contribution in [-0.4, -0.2) is 24.7 Å². The van der Waals surface area contributed by atoms with Gasteiger partial charge in [-0.15, -0.1) is 0 Å². The van der Waals surface area contributed by atoms with E-state index in [4.69, 9.17) is 0 Å². The van der Waals surface area contributed by atoms with Crippen molar-refractivity contribution in [2.75, 3.05) is 0 Å². The number of aryl methyl sites for hydroxylation is 1. The summed E-state index contributed by atoms with van der Waals surface area (Å²) >= 11 is 0. The van der Waals surface area contributed by atoms with Crippen LogP contribution in [0.2, 0.25) is 0 Å². The number of aromatic amines is 1. The summed E-state index contributed by atoms with van der Waals surface area (Å²) in [6.45, 7) is 8.37. The summed E-state index contributed by atoms with van der Waals surface area (Å²) < 4.78 is 1.57. The molecular formula is C24H35N3O3. The molecule has 3 rings (SSSR count). The lowest BCUT2D eigenvalue weighted by atomic mass is 10.1. The maximum absolute atomic E-state index is 12.4. The lowest BCUT2D eigenvalue weighted by Gasteiger charge is -2.16. The number of rotatable bonds is 8. The van der Waals surface area contributed by atoms with Crippen molar-refractivity contribution in [2.45, 2.75) is 78.7 Å². The maximum Gasteiger partial charge on any atom is 0.327 e. The molecule has 1 aromatic carbocycles. The molecular weight excluding hydrogens is 378 g/mol. The van der Waals surface area contributed by atoms with Gasteiger partial charge in [0.15, 0.2) is 0 Å². The summed E-state index contributed by atoms with van der Waals surface area (Å²) in [6.07, 6.45) is 10.5. The molecule has 0 fully saturated rings. The molecule has 2 heterocycles. The number of aromatic hydroxyl groups is 2. The van der Waals surface area contributed by atoms with Crippen LogP contribution in [0.4, 0.5) is 0 Å². The molecule has 1 atom stereocenters. The second kappa shape index (κ2) is 11.4. The SMILES string of the molecule is CCCCCCC.CCCc1cc2c(cn1)[nH]c(=O)n2C(C)c1cc(O)ccc1O. The maximum atomic E-state index is 12.4. The lowest BCUT2D eigenvalue weighted by Crippen LogP contribution is -2.21. The van der Waals surface area contributed by atoms with E-state index < -0.39 is 6.04 Å². The minimum atomic E-state index is -0.430. The van der Waals surface area contributed by atoms with Gasteiger partial charge >= 0.3 is 5.69 Å². The number of hydrogen-bond acceptors (Lipinski definition) is 4. The summed E-state index contributed by atoms with van der Waals surface area (Å²) in [5.41, 5.74) is 2.53. The highest BCUT2D eigenvalue weighted by Gasteiger charge is 2.18. The number of unbranched alkanes of at least 4 members (excludes halogenated alkanes) is 4. The summed E-state index contributed by atoms with van der Waals surface area (Å²) in [5.74, 6) is 0.0882. The number of nitrogens with one attached hydrogen (secondary N) is 1. The molecule has 2 aromatic heterocycles. The minimum absolute atomic E-state index is 0.0411. The van der Waals surface area contributed by atoms with Gasteiger partial charge < -0.3 is 15.2 Å². The summed E-state index contributed by atoms with van der Waals surface area (Å²) in [7, 11) is 0. The molecule has 0 bridgehead atoms. The number of phenols is 2. The van der Waals surface area contributed by atoms with Gasteiger partial charge in [-0.2, -0.15) is 0 Å². The Hall–Kier alpha value is -2.76. The predicted molar refractivity (Wildman–Crippen MR) is 122 cm³/mol. The van der Waals surface area contributed by atoms with Gasteiger partial charge in [0.05, 0.1) is 23.3 Å². The molecule has 6 heteroatoms. The number of benzene rings is 1. The fraction of sp³-hybridized carbons (Fsp3) is 0.500. The quantitative estimate of drug-likeness (QED) is 0.327. The van der Waals surface area contributed by atoms with Crippen LogP contribution in [0, 0.1) is 0 Å². The molecule has 3 N–H and O–H groups in total. The number of hydrogen-bond donors (Lipinski definition) is 3. The Morgan fingerprint density at radius 1 is 1.03 bits per heavy atom. The van der Waals surface area contributed by atoms with Crippen molar-refractivity contribution in [3.8, 4) is 11.5 Å². The zero-order valence-corrected chi connectivity index (χ0v) is 18.6. The number of pyridine rings is 1. The van der Waals surface area contributed by atoms with E-state index in [0.717, 1.165) is 24.1 Å². The van der Waals surface area contributed by atoms with Gasteiger partial charge in [-0.3, -0.25) is 9.55 Å². The van der Waals surface area contributed by atoms with Crippen LogP contribution >= 0.6 is 0 Å². The Morgan fingerprint density at radius 2 is 1.73 bits per heavy atom. The van der Waals surface area contributed by atoms with E-state index in [9.17, 15) is 15.0 Å². The summed E-state index contributed by atoms with van der Waals surface area (Å²) in [4.78, 5) is 19.5. The second-order valence-electron chi connectivity index (χ2n) is 7.72. The minimum Gasteiger partial charge on any atom is -0.508 e. The third-order valence-electron chi connectivity index (χ3n) is 5.22. The first-order valence-corrected chi connectivity index (χ1v) is 11.0. The molecule has 30 heavy (non-hydrogen) atoms. The van der Waals surface area contributed by atoms with Gasteiger partial charge in [0.2, 0.25) is 0 Å². The highest BCUT2D eigenvalue weighted by atomic mass is 16.3. The zero-order valence-electron chi connectivity index (χ0n) is 18.6. The topological polar surface area (TPSA) is 91.1 Å². The first-order valence-electron chi connectivity index (χ1n) is 11.0. The molecule has 0 aliphatic rings. The van der Waals surface area contributed by atoms with E-state index in [1.54, 1.807) is 10.8 Å². The average Bonchev–Trinajstić information content (AvgIpc) is 3.05. The van der Waals surface area contributed by atoms with Crippen molar-refractivity contribution >= 4 is 11.0 Å². The molecule has 0 spiro atoms. The predicted octanol–water partition coefficient (Wildman–Crippen LogP) is 5.67. The van der Waals surface area contributed by atoms with E-state index in [0.29, 0.717) is 11.1 Å². The third kappa shape index (κ3) is 5.88. The monoisotopic (exact) mass is 413 g/mol. The summed E-state index contributed by atoms with van der Waals surface area (Å²) in [6, 6.07) is 5.77. The number of aromatic nitrogens is 3. The lowest BCUT2D eigenvalue weighted by molar-refractivity contribution is 0.444. The molecule has 164 valence electrons. The fourth-order valence-corrected chi connectivity index (χ4v) is 3.54. The van der Waals surface area contributed by atoms with Crippen LogP contribution in [-0.2, 0) is 6.42 Å². The first-order chi connectivity index (χ1) is 14.4. The molecule has 3 aromatic rings. The van der Waals surface area contributed by atoms with Gasteiger partial charge in [-0.1, -0.05) is 59.3 Å². The van der Waals surface area contributed by atoms with E-state index in [2.05, 4.69) is 30.7 Å². The number of phenolic OH excluding ortho intramolecular Hbond substituents is 2. The van der Waals surface area contributed by atoms with E-state index in [1.807, 2.05) is 13.0 Å². The summed E-state index contributed by atoms with van der Waals surface area (Å²) in [5, 5.41) is 19.7. The molecule has 0 radical (unpaired) electrons. The van der Waals surface area contributed by atoms with Crippen molar-refractivity contribution < 1.29 is 10.2 Å². The molecule has 0 saturated heterocycles. The van der Waals surface area contributed by atoms with Crippen molar-refractivity contribution in [1.82, 2.24) is 14.5 Å². The van der Waals surface area contributed by atoms with Gasteiger partial charge in [0.1, 0.15) is 11.5 Å². The molecule has 0 amide bonds. The Labute approximate surface area is 178 Å².